The molecule has 0 saturated carbocycles. The quantitative estimate of drug-likeness (QED) is 0.350. The van der Waals surface area contributed by atoms with E-state index in [9.17, 15) is 10.2 Å². The smallest absolute Gasteiger partial charge is 0.121 e. The van der Waals surface area contributed by atoms with E-state index in [2.05, 4.69) is 11.9 Å². The molecule has 0 bridgehead atoms. The van der Waals surface area contributed by atoms with Crippen LogP contribution in [0.1, 0.15) is 6.92 Å². The van der Waals surface area contributed by atoms with E-state index in [1.165, 1.54) is 0 Å². The fourth-order valence-corrected chi connectivity index (χ4v) is 1.15. The molecular weight excluding hydrogens is 146 g/mol. The Bertz CT molecular complexity index is 171. The third kappa shape index (κ3) is 1.38. The topological polar surface area (TPSA) is 72.7 Å². The maximum absolute atomic E-state index is 9.22. The first-order valence-corrected chi connectivity index (χ1v) is 3.53. The molecule has 4 nitrogen and oxygen atoms in total. The third-order valence-corrected chi connectivity index (χ3v) is 1.96. The highest BCUT2D eigenvalue weighted by molar-refractivity contribution is 5.10. The molecule has 1 heterocycles. The first-order valence-electron chi connectivity index (χ1n) is 3.53. The van der Waals surface area contributed by atoms with Crippen molar-refractivity contribution in [3.8, 4) is 0 Å². The van der Waals surface area contributed by atoms with Crippen LogP contribution in [-0.4, -0.2) is 39.7 Å². The average Bonchev–Trinajstić information content (AvgIpc) is 1.97. The van der Waals surface area contributed by atoms with Gasteiger partial charge in [0.15, 0.2) is 0 Å². The second-order valence-electron chi connectivity index (χ2n) is 2.88. The molecule has 1 aliphatic rings. The minimum Gasteiger partial charge on any atom is -0.388 e. The van der Waals surface area contributed by atoms with Crippen LogP contribution in [0.15, 0.2) is 12.3 Å². The minimum absolute atomic E-state index is 0.263. The van der Waals surface area contributed by atoms with Crippen molar-refractivity contribution in [2.75, 3.05) is 0 Å². The second-order valence-corrected chi connectivity index (χ2v) is 2.88. The summed E-state index contributed by atoms with van der Waals surface area (Å²) in [6, 6.07) is -0.263. The summed E-state index contributed by atoms with van der Waals surface area (Å²) in [6.07, 6.45) is -3.13. The van der Waals surface area contributed by atoms with Crippen molar-refractivity contribution in [1.82, 2.24) is 5.32 Å². The van der Waals surface area contributed by atoms with Gasteiger partial charge in [0.25, 0.3) is 0 Å². The van der Waals surface area contributed by atoms with E-state index in [0.29, 0.717) is 5.70 Å². The van der Waals surface area contributed by atoms with Gasteiger partial charge in [-0.15, -0.1) is 0 Å². The molecule has 0 aliphatic carbocycles. The molecule has 1 fully saturated rings. The van der Waals surface area contributed by atoms with E-state index in [1.807, 2.05) is 0 Å². The highest BCUT2D eigenvalue weighted by atomic mass is 16.4. The SMILES string of the molecule is C=C1N[C@@H](C)[C@@H](O)[C@@H](O)[C@@H]1O. The molecule has 1 aliphatic heterocycles. The Hall–Kier alpha value is -0.580. The number of aliphatic hydroxyl groups is 3. The number of rotatable bonds is 0. The second kappa shape index (κ2) is 2.81. The van der Waals surface area contributed by atoms with Gasteiger partial charge in [0, 0.05) is 5.70 Å². The standard InChI is InChI=1S/C7H13NO3/c1-3-5(9)7(11)6(10)4(2)8-3/h4-11H,1H2,2H3/t4-,5+,6+,7-/m0/s1. The summed E-state index contributed by atoms with van der Waals surface area (Å²) in [5.74, 6) is 0. The summed E-state index contributed by atoms with van der Waals surface area (Å²) in [7, 11) is 0. The van der Waals surface area contributed by atoms with Crippen molar-refractivity contribution >= 4 is 0 Å². The normalized spacial score (nSPS) is 45.3. The molecule has 0 aromatic rings. The van der Waals surface area contributed by atoms with Crippen LogP contribution in [0.25, 0.3) is 0 Å². The lowest BCUT2D eigenvalue weighted by Gasteiger charge is -2.36. The first-order chi connectivity index (χ1) is 5.04. The van der Waals surface area contributed by atoms with Gasteiger partial charge in [-0.25, -0.2) is 0 Å². The van der Waals surface area contributed by atoms with Crippen LogP contribution in [0.3, 0.4) is 0 Å². The van der Waals surface area contributed by atoms with E-state index >= 15 is 0 Å². The van der Waals surface area contributed by atoms with Crippen LogP contribution in [0.4, 0.5) is 0 Å². The lowest BCUT2D eigenvalue weighted by atomic mass is 9.95. The van der Waals surface area contributed by atoms with Gasteiger partial charge in [-0.1, -0.05) is 6.58 Å². The Morgan fingerprint density at radius 2 is 1.82 bits per heavy atom. The molecular formula is C7H13NO3. The lowest BCUT2D eigenvalue weighted by Crippen LogP contribution is -2.56. The zero-order valence-electron chi connectivity index (χ0n) is 6.36. The molecule has 64 valence electrons. The Morgan fingerprint density at radius 1 is 1.27 bits per heavy atom. The molecule has 1 saturated heterocycles. The molecule has 4 atom stereocenters. The average molecular weight is 159 g/mol. The molecule has 0 amide bonds. The maximum Gasteiger partial charge on any atom is 0.121 e. The summed E-state index contributed by atoms with van der Waals surface area (Å²) in [6.45, 7) is 5.21. The van der Waals surface area contributed by atoms with Gasteiger partial charge in [-0.3, -0.25) is 0 Å². The zero-order chi connectivity index (χ0) is 8.59. The number of hydrogen-bond donors (Lipinski definition) is 4. The molecule has 0 radical (unpaired) electrons. The maximum atomic E-state index is 9.22. The van der Waals surface area contributed by atoms with Gasteiger partial charge in [-0.05, 0) is 6.92 Å². The fourth-order valence-electron chi connectivity index (χ4n) is 1.15. The Labute approximate surface area is 65.2 Å². The first kappa shape index (κ1) is 8.52. The molecule has 0 spiro atoms. The van der Waals surface area contributed by atoms with E-state index < -0.39 is 18.3 Å². The van der Waals surface area contributed by atoms with Crippen LogP contribution < -0.4 is 5.32 Å². The molecule has 11 heavy (non-hydrogen) atoms. The van der Waals surface area contributed by atoms with Crippen LogP contribution in [0.2, 0.25) is 0 Å². The zero-order valence-corrected chi connectivity index (χ0v) is 6.36. The van der Waals surface area contributed by atoms with Crippen molar-refractivity contribution in [1.29, 1.82) is 0 Å². The van der Waals surface area contributed by atoms with Crippen molar-refractivity contribution in [3.63, 3.8) is 0 Å². The monoisotopic (exact) mass is 159 g/mol. The Balaban J connectivity index is 2.70. The summed E-state index contributed by atoms with van der Waals surface area (Å²) < 4.78 is 0. The summed E-state index contributed by atoms with van der Waals surface area (Å²) in [5, 5.41) is 30.3. The highest BCUT2D eigenvalue weighted by Crippen LogP contribution is 2.15. The van der Waals surface area contributed by atoms with E-state index in [0.717, 1.165) is 0 Å². The van der Waals surface area contributed by atoms with E-state index in [-0.39, 0.29) is 6.04 Å². The van der Waals surface area contributed by atoms with E-state index in [4.69, 9.17) is 5.11 Å². The van der Waals surface area contributed by atoms with Gasteiger partial charge >= 0.3 is 0 Å². The number of hydrogen-bond acceptors (Lipinski definition) is 4. The van der Waals surface area contributed by atoms with Crippen LogP contribution in [0.5, 0.6) is 0 Å². The summed E-state index contributed by atoms with van der Waals surface area (Å²) >= 11 is 0. The van der Waals surface area contributed by atoms with Gasteiger partial charge in [0.05, 0.1) is 6.04 Å². The molecule has 1 rings (SSSR count). The Kier molecular flexibility index (Phi) is 2.17. The van der Waals surface area contributed by atoms with Crippen molar-refractivity contribution in [3.05, 3.63) is 12.3 Å². The van der Waals surface area contributed by atoms with E-state index in [1.54, 1.807) is 6.92 Å². The summed E-state index contributed by atoms with van der Waals surface area (Å²) in [5.41, 5.74) is 0.357. The lowest BCUT2D eigenvalue weighted by molar-refractivity contribution is -0.0755. The number of aliphatic hydroxyl groups excluding tert-OH is 3. The number of nitrogens with one attached hydrogen (secondary N) is 1. The van der Waals surface area contributed by atoms with Crippen LogP contribution in [-0.2, 0) is 0 Å². The third-order valence-electron chi connectivity index (χ3n) is 1.96. The largest absolute Gasteiger partial charge is 0.388 e. The van der Waals surface area contributed by atoms with Crippen LogP contribution in [0, 0.1) is 0 Å². The van der Waals surface area contributed by atoms with Crippen molar-refractivity contribution < 1.29 is 15.3 Å². The Morgan fingerprint density at radius 3 is 2.36 bits per heavy atom. The predicted octanol–water partition coefficient (Wildman–Crippen LogP) is -1.43. The highest BCUT2D eigenvalue weighted by Gasteiger charge is 2.35. The molecule has 0 aromatic carbocycles. The molecule has 4 N–H and O–H groups in total. The number of piperidine rings is 1. The minimum atomic E-state index is -1.13. The predicted molar refractivity (Wildman–Crippen MR) is 39.8 cm³/mol. The fraction of sp³-hybridized carbons (Fsp3) is 0.714. The molecule has 0 aromatic heterocycles. The molecule has 4 heteroatoms. The van der Waals surface area contributed by atoms with Crippen molar-refractivity contribution in [2.24, 2.45) is 0 Å². The van der Waals surface area contributed by atoms with Crippen molar-refractivity contribution in [2.45, 2.75) is 31.3 Å². The van der Waals surface area contributed by atoms with Gasteiger partial charge in [-0.2, -0.15) is 0 Å². The van der Waals surface area contributed by atoms with Gasteiger partial charge in [0.2, 0.25) is 0 Å². The van der Waals surface area contributed by atoms with Gasteiger partial charge < -0.3 is 20.6 Å². The van der Waals surface area contributed by atoms with Crippen LogP contribution >= 0.6 is 0 Å². The van der Waals surface area contributed by atoms with Gasteiger partial charge in [0.1, 0.15) is 18.3 Å². The summed E-state index contributed by atoms with van der Waals surface area (Å²) in [4.78, 5) is 0. The molecule has 0 unspecified atom stereocenters.